The molecule has 2 amide bonds. The SMILES string of the molecule is CNC(=O)N(O)c1cccc(C(F)F)c1. The smallest absolute Gasteiger partial charge is 0.339 e. The van der Waals surface area contributed by atoms with Crippen LogP contribution in [0.15, 0.2) is 24.3 Å². The van der Waals surface area contributed by atoms with Gasteiger partial charge < -0.3 is 5.32 Å². The maximum Gasteiger partial charge on any atom is 0.345 e. The zero-order chi connectivity index (χ0) is 11.4. The number of nitrogens with zero attached hydrogens (tertiary/aromatic N) is 1. The molecule has 4 nitrogen and oxygen atoms in total. The quantitative estimate of drug-likeness (QED) is 0.588. The monoisotopic (exact) mass is 216 g/mol. The van der Waals surface area contributed by atoms with E-state index in [4.69, 9.17) is 0 Å². The van der Waals surface area contributed by atoms with E-state index in [1.807, 2.05) is 0 Å². The van der Waals surface area contributed by atoms with E-state index in [0.29, 0.717) is 0 Å². The number of hydrogen-bond acceptors (Lipinski definition) is 2. The van der Waals surface area contributed by atoms with Crippen LogP contribution in [0.4, 0.5) is 19.3 Å². The maximum absolute atomic E-state index is 12.3. The molecular weight excluding hydrogens is 206 g/mol. The molecule has 0 saturated heterocycles. The minimum absolute atomic E-state index is 0.00727. The molecule has 15 heavy (non-hydrogen) atoms. The molecule has 0 aromatic heterocycles. The third-order valence-electron chi connectivity index (χ3n) is 1.77. The zero-order valence-electron chi connectivity index (χ0n) is 7.95. The normalized spacial score (nSPS) is 10.2. The molecule has 0 aliphatic carbocycles. The van der Waals surface area contributed by atoms with Crippen molar-refractivity contribution in [3.63, 3.8) is 0 Å². The van der Waals surface area contributed by atoms with Gasteiger partial charge in [0.25, 0.3) is 6.43 Å². The number of benzene rings is 1. The second-order valence-electron chi connectivity index (χ2n) is 2.76. The number of rotatable bonds is 2. The van der Waals surface area contributed by atoms with E-state index in [-0.39, 0.29) is 16.3 Å². The standard InChI is InChI=1S/C9H10F2N2O2/c1-12-9(14)13(15)7-4-2-3-6(5-7)8(10)11/h2-5,8,15H,1H3,(H,12,14). The van der Waals surface area contributed by atoms with Gasteiger partial charge >= 0.3 is 6.03 Å². The minimum atomic E-state index is -2.64. The molecule has 0 unspecified atom stereocenters. The van der Waals surface area contributed by atoms with Crippen molar-refractivity contribution in [3.05, 3.63) is 29.8 Å². The first-order valence-electron chi connectivity index (χ1n) is 4.15. The van der Waals surface area contributed by atoms with Crippen molar-refractivity contribution in [2.75, 3.05) is 12.1 Å². The minimum Gasteiger partial charge on any atom is -0.339 e. The predicted molar refractivity (Wildman–Crippen MR) is 50.1 cm³/mol. The summed E-state index contributed by atoms with van der Waals surface area (Å²) in [5.74, 6) is 0. The zero-order valence-corrected chi connectivity index (χ0v) is 7.95. The molecule has 0 saturated carbocycles. The van der Waals surface area contributed by atoms with E-state index in [0.717, 1.165) is 6.07 Å². The summed E-state index contributed by atoms with van der Waals surface area (Å²) in [5, 5.41) is 11.7. The average Bonchev–Trinajstić information content (AvgIpc) is 2.27. The Morgan fingerprint density at radius 2 is 2.20 bits per heavy atom. The molecule has 0 aliphatic rings. The number of amides is 2. The van der Waals surface area contributed by atoms with Gasteiger partial charge in [0, 0.05) is 12.6 Å². The lowest BCUT2D eigenvalue weighted by atomic mass is 10.2. The van der Waals surface area contributed by atoms with E-state index in [1.54, 1.807) is 0 Å². The van der Waals surface area contributed by atoms with Gasteiger partial charge in [-0.25, -0.2) is 13.6 Å². The largest absolute Gasteiger partial charge is 0.345 e. The maximum atomic E-state index is 12.3. The Morgan fingerprint density at radius 3 is 2.73 bits per heavy atom. The summed E-state index contributed by atoms with van der Waals surface area (Å²) < 4.78 is 24.6. The van der Waals surface area contributed by atoms with Crippen molar-refractivity contribution >= 4 is 11.7 Å². The lowest BCUT2D eigenvalue weighted by molar-refractivity contribution is 0.151. The van der Waals surface area contributed by atoms with Crippen LogP contribution < -0.4 is 10.4 Å². The fourth-order valence-corrected chi connectivity index (χ4v) is 1.02. The summed E-state index contributed by atoms with van der Waals surface area (Å²) in [6.07, 6.45) is -2.64. The number of alkyl halides is 2. The number of nitrogens with one attached hydrogen (secondary N) is 1. The van der Waals surface area contributed by atoms with Crippen molar-refractivity contribution in [1.29, 1.82) is 0 Å². The van der Waals surface area contributed by atoms with Crippen molar-refractivity contribution in [2.45, 2.75) is 6.43 Å². The first-order chi connectivity index (χ1) is 7.06. The van der Waals surface area contributed by atoms with E-state index < -0.39 is 12.5 Å². The molecule has 2 N–H and O–H groups in total. The summed E-state index contributed by atoms with van der Waals surface area (Å²) >= 11 is 0. The number of hydroxylamine groups is 1. The number of hydrogen-bond donors (Lipinski definition) is 2. The topological polar surface area (TPSA) is 52.6 Å². The molecular formula is C9H10F2N2O2. The van der Waals surface area contributed by atoms with Gasteiger partial charge in [-0.15, -0.1) is 0 Å². The van der Waals surface area contributed by atoms with E-state index in [9.17, 15) is 18.8 Å². The summed E-state index contributed by atoms with van der Waals surface area (Å²) in [7, 11) is 1.32. The first-order valence-corrected chi connectivity index (χ1v) is 4.15. The highest BCUT2D eigenvalue weighted by Crippen LogP contribution is 2.23. The molecule has 0 heterocycles. The summed E-state index contributed by atoms with van der Waals surface area (Å²) in [4.78, 5) is 11.0. The van der Waals surface area contributed by atoms with E-state index >= 15 is 0 Å². The molecule has 1 aromatic rings. The van der Waals surface area contributed by atoms with Crippen molar-refractivity contribution in [1.82, 2.24) is 5.32 Å². The molecule has 0 bridgehead atoms. The van der Waals surface area contributed by atoms with E-state index in [2.05, 4.69) is 5.32 Å². The Balaban J connectivity index is 2.95. The van der Waals surface area contributed by atoms with E-state index in [1.165, 1.54) is 25.2 Å². The molecule has 1 aromatic carbocycles. The van der Waals surface area contributed by atoms with Crippen LogP contribution >= 0.6 is 0 Å². The first kappa shape index (κ1) is 11.4. The molecule has 0 fully saturated rings. The summed E-state index contributed by atoms with van der Waals surface area (Å²) in [5.41, 5.74) is -0.261. The highest BCUT2D eigenvalue weighted by atomic mass is 19.3. The summed E-state index contributed by atoms with van der Waals surface area (Å²) in [6, 6.07) is 4.15. The fraction of sp³-hybridized carbons (Fsp3) is 0.222. The van der Waals surface area contributed by atoms with Crippen LogP contribution in [0.2, 0.25) is 0 Å². The number of carbonyl (C=O) groups excluding carboxylic acids is 1. The second-order valence-corrected chi connectivity index (χ2v) is 2.76. The molecule has 1 rings (SSSR count). The third kappa shape index (κ3) is 2.63. The highest BCUT2D eigenvalue weighted by Gasteiger charge is 2.13. The molecule has 0 atom stereocenters. The Bertz CT molecular complexity index is 358. The lowest BCUT2D eigenvalue weighted by Crippen LogP contribution is -2.35. The Kier molecular flexibility index (Phi) is 3.56. The Hall–Kier alpha value is -1.69. The van der Waals surface area contributed by atoms with Gasteiger partial charge in [0.15, 0.2) is 0 Å². The summed E-state index contributed by atoms with van der Waals surface area (Å²) in [6.45, 7) is 0. The average molecular weight is 216 g/mol. The van der Waals surface area contributed by atoms with Crippen molar-refractivity contribution in [2.24, 2.45) is 0 Å². The van der Waals surface area contributed by atoms with Crippen LogP contribution in [-0.4, -0.2) is 18.3 Å². The van der Waals surface area contributed by atoms with Gasteiger partial charge in [-0.05, 0) is 12.1 Å². The Labute approximate surface area is 85.1 Å². The molecule has 0 aliphatic heterocycles. The van der Waals surface area contributed by atoms with Crippen LogP contribution in [0, 0.1) is 0 Å². The van der Waals surface area contributed by atoms with Gasteiger partial charge in [-0.3, -0.25) is 5.21 Å². The van der Waals surface area contributed by atoms with Gasteiger partial charge in [-0.1, -0.05) is 12.1 Å². The second kappa shape index (κ2) is 4.70. The lowest BCUT2D eigenvalue weighted by Gasteiger charge is -2.14. The number of urea groups is 1. The van der Waals surface area contributed by atoms with Crippen molar-refractivity contribution in [3.8, 4) is 0 Å². The fourth-order valence-electron chi connectivity index (χ4n) is 1.02. The van der Waals surface area contributed by atoms with Crippen LogP contribution in [0.25, 0.3) is 0 Å². The van der Waals surface area contributed by atoms with Gasteiger partial charge in [0.05, 0.1) is 5.69 Å². The number of anilines is 1. The Morgan fingerprint density at radius 1 is 1.53 bits per heavy atom. The molecule has 6 heteroatoms. The number of carbonyl (C=O) groups is 1. The van der Waals surface area contributed by atoms with Crippen LogP contribution in [0.1, 0.15) is 12.0 Å². The number of halogens is 2. The molecule has 0 radical (unpaired) electrons. The van der Waals surface area contributed by atoms with Gasteiger partial charge in [0.2, 0.25) is 0 Å². The molecule has 82 valence electrons. The molecule has 0 spiro atoms. The van der Waals surface area contributed by atoms with Crippen LogP contribution in [-0.2, 0) is 0 Å². The third-order valence-corrected chi connectivity index (χ3v) is 1.77. The predicted octanol–water partition coefficient (Wildman–Crippen LogP) is 2.16. The van der Waals surface area contributed by atoms with Crippen molar-refractivity contribution < 1.29 is 18.8 Å². The van der Waals surface area contributed by atoms with Crippen LogP contribution in [0.5, 0.6) is 0 Å². The van der Waals surface area contributed by atoms with Gasteiger partial charge in [-0.2, -0.15) is 5.06 Å². The highest BCUT2D eigenvalue weighted by molar-refractivity contribution is 5.89. The van der Waals surface area contributed by atoms with Crippen LogP contribution in [0.3, 0.4) is 0 Å². The van der Waals surface area contributed by atoms with Gasteiger partial charge in [0.1, 0.15) is 0 Å².